The predicted molar refractivity (Wildman–Crippen MR) is 98.4 cm³/mol. The predicted octanol–water partition coefficient (Wildman–Crippen LogP) is 4.13. The third kappa shape index (κ3) is 3.95. The van der Waals surface area contributed by atoms with E-state index in [0.29, 0.717) is 12.2 Å². The van der Waals surface area contributed by atoms with Crippen molar-refractivity contribution in [2.45, 2.75) is 33.3 Å². The van der Waals surface area contributed by atoms with Gasteiger partial charge in [0.1, 0.15) is 18.1 Å². The molecular formula is C21H25NO3. The average Bonchev–Trinajstić information content (AvgIpc) is 3.16. The summed E-state index contributed by atoms with van der Waals surface area (Å²) in [6, 6.07) is 11.6. The third-order valence-corrected chi connectivity index (χ3v) is 4.79. The number of methoxy groups -OCH3 is 1. The molecule has 1 aliphatic heterocycles. The molecule has 0 aliphatic carbocycles. The molecule has 2 aromatic rings. The van der Waals surface area contributed by atoms with Crippen molar-refractivity contribution in [1.29, 1.82) is 0 Å². The lowest BCUT2D eigenvalue weighted by Crippen LogP contribution is -2.27. The van der Waals surface area contributed by atoms with Crippen molar-refractivity contribution in [2.24, 2.45) is 0 Å². The molecule has 1 heterocycles. The third-order valence-electron chi connectivity index (χ3n) is 4.79. The van der Waals surface area contributed by atoms with E-state index in [1.807, 2.05) is 35.2 Å². The van der Waals surface area contributed by atoms with Crippen LogP contribution < -0.4 is 9.47 Å². The molecule has 1 amide bonds. The molecule has 0 spiro atoms. The van der Waals surface area contributed by atoms with E-state index in [9.17, 15) is 4.79 Å². The zero-order chi connectivity index (χ0) is 17.8. The Hall–Kier alpha value is -2.49. The van der Waals surface area contributed by atoms with E-state index in [4.69, 9.17) is 9.47 Å². The fraction of sp³-hybridized carbons (Fsp3) is 0.381. The highest BCUT2D eigenvalue weighted by molar-refractivity contribution is 5.94. The molecule has 0 unspecified atom stereocenters. The molecule has 0 atom stereocenters. The molecule has 1 aliphatic rings. The zero-order valence-electron chi connectivity index (χ0n) is 15.2. The molecule has 3 rings (SSSR count). The van der Waals surface area contributed by atoms with Gasteiger partial charge in [-0.15, -0.1) is 0 Å². The lowest BCUT2D eigenvalue weighted by molar-refractivity contribution is 0.0792. The highest BCUT2D eigenvalue weighted by Crippen LogP contribution is 2.24. The van der Waals surface area contributed by atoms with Gasteiger partial charge in [-0.05, 0) is 68.1 Å². The summed E-state index contributed by atoms with van der Waals surface area (Å²) in [7, 11) is 1.64. The Balaban J connectivity index is 1.77. The van der Waals surface area contributed by atoms with Crippen LogP contribution in [0.3, 0.4) is 0 Å². The summed E-state index contributed by atoms with van der Waals surface area (Å²) in [6.07, 6.45) is 2.18. The standard InChI is InChI=1S/C21H25NO3/c1-15-6-8-19(12-16(15)2)25-14-18-13-17(7-9-20(18)24-3)21(23)22-10-4-5-11-22/h6-9,12-13H,4-5,10-11,14H2,1-3H3. The van der Waals surface area contributed by atoms with Crippen LogP contribution in [0.4, 0.5) is 0 Å². The largest absolute Gasteiger partial charge is 0.496 e. The fourth-order valence-corrected chi connectivity index (χ4v) is 3.09. The number of hydrogen-bond acceptors (Lipinski definition) is 3. The molecule has 0 bridgehead atoms. The molecule has 0 N–H and O–H groups in total. The van der Waals surface area contributed by atoms with Gasteiger partial charge in [0.25, 0.3) is 5.91 Å². The van der Waals surface area contributed by atoms with Gasteiger partial charge in [-0.25, -0.2) is 0 Å². The van der Waals surface area contributed by atoms with Crippen LogP contribution >= 0.6 is 0 Å². The fourth-order valence-electron chi connectivity index (χ4n) is 3.09. The van der Waals surface area contributed by atoms with Crippen LogP contribution in [-0.4, -0.2) is 31.0 Å². The van der Waals surface area contributed by atoms with Gasteiger partial charge in [-0.3, -0.25) is 4.79 Å². The van der Waals surface area contributed by atoms with Crippen LogP contribution in [0.15, 0.2) is 36.4 Å². The number of likely N-dealkylation sites (tertiary alicyclic amines) is 1. The Morgan fingerprint density at radius 2 is 1.80 bits per heavy atom. The smallest absolute Gasteiger partial charge is 0.253 e. The van der Waals surface area contributed by atoms with Crippen molar-refractivity contribution in [3.63, 3.8) is 0 Å². The second-order valence-corrected chi connectivity index (χ2v) is 6.56. The van der Waals surface area contributed by atoms with E-state index in [2.05, 4.69) is 19.9 Å². The monoisotopic (exact) mass is 339 g/mol. The second kappa shape index (κ2) is 7.60. The molecule has 0 radical (unpaired) electrons. The highest BCUT2D eigenvalue weighted by atomic mass is 16.5. The number of carbonyl (C=O) groups excluding carboxylic acids is 1. The SMILES string of the molecule is COc1ccc(C(=O)N2CCCC2)cc1COc1ccc(C)c(C)c1. The van der Waals surface area contributed by atoms with Gasteiger partial charge >= 0.3 is 0 Å². The first kappa shape index (κ1) is 17.3. The van der Waals surface area contributed by atoms with Crippen LogP contribution in [-0.2, 0) is 6.61 Å². The number of aryl methyl sites for hydroxylation is 2. The van der Waals surface area contributed by atoms with Gasteiger partial charge in [0, 0.05) is 24.2 Å². The van der Waals surface area contributed by atoms with E-state index in [1.165, 1.54) is 11.1 Å². The minimum Gasteiger partial charge on any atom is -0.496 e. The van der Waals surface area contributed by atoms with Gasteiger partial charge in [0.2, 0.25) is 0 Å². The highest BCUT2D eigenvalue weighted by Gasteiger charge is 2.20. The van der Waals surface area contributed by atoms with E-state index in [1.54, 1.807) is 7.11 Å². The first-order valence-corrected chi connectivity index (χ1v) is 8.74. The van der Waals surface area contributed by atoms with Crippen molar-refractivity contribution in [3.8, 4) is 11.5 Å². The molecule has 1 saturated heterocycles. The van der Waals surface area contributed by atoms with Crippen LogP contribution in [0.25, 0.3) is 0 Å². The summed E-state index contributed by atoms with van der Waals surface area (Å²) in [6.45, 7) is 6.21. The molecule has 132 valence electrons. The summed E-state index contributed by atoms with van der Waals surface area (Å²) in [5, 5.41) is 0. The lowest BCUT2D eigenvalue weighted by atomic mass is 10.1. The number of rotatable bonds is 5. The Morgan fingerprint density at radius 1 is 1.04 bits per heavy atom. The van der Waals surface area contributed by atoms with E-state index >= 15 is 0 Å². The minimum atomic E-state index is 0.0904. The summed E-state index contributed by atoms with van der Waals surface area (Å²) >= 11 is 0. The van der Waals surface area contributed by atoms with Crippen molar-refractivity contribution < 1.29 is 14.3 Å². The topological polar surface area (TPSA) is 38.8 Å². The maximum Gasteiger partial charge on any atom is 0.253 e. The Morgan fingerprint density at radius 3 is 2.48 bits per heavy atom. The van der Waals surface area contributed by atoms with Gasteiger partial charge in [-0.1, -0.05) is 6.07 Å². The van der Waals surface area contributed by atoms with Gasteiger partial charge in [0.15, 0.2) is 0 Å². The van der Waals surface area contributed by atoms with Gasteiger partial charge < -0.3 is 14.4 Å². The number of hydrogen-bond donors (Lipinski definition) is 0. The number of ether oxygens (including phenoxy) is 2. The second-order valence-electron chi connectivity index (χ2n) is 6.56. The van der Waals surface area contributed by atoms with Crippen molar-refractivity contribution >= 4 is 5.91 Å². The molecule has 25 heavy (non-hydrogen) atoms. The Bertz CT molecular complexity index is 764. The molecule has 4 nitrogen and oxygen atoms in total. The molecule has 1 fully saturated rings. The number of nitrogens with zero attached hydrogens (tertiary/aromatic N) is 1. The zero-order valence-corrected chi connectivity index (χ0v) is 15.2. The maximum atomic E-state index is 12.6. The van der Waals surface area contributed by atoms with Crippen LogP contribution in [0.5, 0.6) is 11.5 Å². The lowest BCUT2D eigenvalue weighted by Gasteiger charge is -2.17. The first-order chi connectivity index (χ1) is 12.1. The van der Waals surface area contributed by atoms with Gasteiger partial charge in [-0.2, -0.15) is 0 Å². The van der Waals surface area contributed by atoms with Crippen LogP contribution in [0, 0.1) is 13.8 Å². The molecule has 2 aromatic carbocycles. The molecule has 0 saturated carbocycles. The summed E-state index contributed by atoms with van der Waals surface area (Å²) in [4.78, 5) is 14.5. The van der Waals surface area contributed by atoms with Crippen molar-refractivity contribution in [1.82, 2.24) is 4.90 Å². The van der Waals surface area contributed by atoms with E-state index in [0.717, 1.165) is 43.0 Å². The Labute approximate surface area is 149 Å². The van der Waals surface area contributed by atoms with Crippen molar-refractivity contribution in [2.75, 3.05) is 20.2 Å². The van der Waals surface area contributed by atoms with Crippen LogP contribution in [0.1, 0.15) is 39.9 Å². The maximum absolute atomic E-state index is 12.6. The first-order valence-electron chi connectivity index (χ1n) is 8.74. The summed E-state index contributed by atoms with van der Waals surface area (Å²) in [5.41, 5.74) is 4.01. The quantitative estimate of drug-likeness (QED) is 0.822. The summed E-state index contributed by atoms with van der Waals surface area (Å²) in [5.74, 6) is 1.65. The average molecular weight is 339 g/mol. The van der Waals surface area contributed by atoms with Crippen molar-refractivity contribution in [3.05, 3.63) is 58.7 Å². The molecule has 4 heteroatoms. The number of benzene rings is 2. The van der Waals surface area contributed by atoms with Crippen LogP contribution in [0.2, 0.25) is 0 Å². The Kier molecular flexibility index (Phi) is 5.27. The number of carbonyl (C=O) groups is 1. The normalized spacial score (nSPS) is 13.8. The molecular weight excluding hydrogens is 314 g/mol. The molecule has 0 aromatic heterocycles. The summed E-state index contributed by atoms with van der Waals surface area (Å²) < 4.78 is 11.4. The minimum absolute atomic E-state index is 0.0904. The van der Waals surface area contributed by atoms with E-state index < -0.39 is 0 Å². The van der Waals surface area contributed by atoms with E-state index in [-0.39, 0.29) is 5.91 Å². The van der Waals surface area contributed by atoms with Gasteiger partial charge in [0.05, 0.1) is 7.11 Å². The number of amides is 1.